The first-order chi connectivity index (χ1) is 12.8. The lowest BCUT2D eigenvalue weighted by atomic mass is 10.1. The number of hydrogen-bond donors (Lipinski definition) is 1. The molecule has 27 heavy (non-hydrogen) atoms. The van der Waals surface area contributed by atoms with Gasteiger partial charge in [0.1, 0.15) is 0 Å². The van der Waals surface area contributed by atoms with Crippen molar-refractivity contribution in [2.45, 2.75) is 23.6 Å². The van der Waals surface area contributed by atoms with E-state index >= 15 is 0 Å². The van der Waals surface area contributed by atoms with E-state index in [1.807, 2.05) is 12.1 Å². The van der Waals surface area contributed by atoms with Crippen molar-refractivity contribution in [3.8, 4) is 0 Å². The van der Waals surface area contributed by atoms with E-state index in [9.17, 15) is 19.7 Å². The molecule has 8 heteroatoms. The predicted octanol–water partition coefficient (Wildman–Crippen LogP) is 3.09. The van der Waals surface area contributed by atoms with Gasteiger partial charge in [-0.15, -0.1) is 11.8 Å². The fraction of sp³-hybridized carbons (Fsp3) is 0.263. The van der Waals surface area contributed by atoms with Gasteiger partial charge in [-0.3, -0.25) is 19.7 Å². The molecule has 1 unspecified atom stereocenters. The van der Waals surface area contributed by atoms with Crippen molar-refractivity contribution < 1.29 is 14.5 Å². The normalized spacial score (nSPS) is 11.5. The molecule has 0 fully saturated rings. The lowest BCUT2D eigenvalue weighted by molar-refractivity contribution is -0.384. The number of nitro groups is 1. The Morgan fingerprint density at radius 3 is 2.22 bits per heavy atom. The third-order valence-electron chi connectivity index (χ3n) is 3.80. The molecule has 0 saturated carbocycles. The average molecular weight is 387 g/mol. The molecular weight excluding hydrogens is 366 g/mol. The summed E-state index contributed by atoms with van der Waals surface area (Å²) in [7, 11) is 3.39. The van der Waals surface area contributed by atoms with Gasteiger partial charge in [0, 0.05) is 43.2 Å². The van der Waals surface area contributed by atoms with Gasteiger partial charge >= 0.3 is 0 Å². The first-order valence-electron chi connectivity index (χ1n) is 8.27. The Labute approximate surface area is 161 Å². The van der Waals surface area contributed by atoms with Crippen LogP contribution in [0.25, 0.3) is 0 Å². The number of non-ortho nitro benzene ring substituents is 1. The summed E-state index contributed by atoms with van der Waals surface area (Å²) in [6, 6.07) is 13.2. The van der Waals surface area contributed by atoms with Crippen molar-refractivity contribution >= 4 is 29.3 Å². The van der Waals surface area contributed by atoms with Gasteiger partial charge in [0.25, 0.3) is 11.6 Å². The van der Waals surface area contributed by atoms with Crippen LogP contribution in [0.4, 0.5) is 5.69 Å². The second-order valence-corrected chi connectivity index (χ2v) is 7.54. The highest BCUT2D eigenvalue weighted by atomic mass is 32.2. The zero-order valence-corrected chi connectivity index (χ0v) is 16.2. The molecule has 0 heterocycles. The monoisotopic (exact) mass is 387 g/mol. The van der Waals surface area contributed by atoms with Crippen LogP contribution in [0.1, 0.15) is 22.8 Å². The van der Waals surface area contributed by atoms with Crippen molar-refractivity contribution in [3.63, 3.8) is 0 Å². The Morgan fingerprint density at radius 1 is 1.11 bits per heavy atom. The Balaban J connectivity index is 1.87. The van der Waals surface area contributed by atoms with Gasteiger partial charge in [-0.25, -0.2) is 0 Å². The second-order valence-electron chi connectivity index (χ2n) is 6.13. The topological polar surface area (TPSA) is 92.5 Å². The van der Waals surface area contributed by atoms with Crippen molar-refractivity contribution in [2.75, 3.05) is 14.1 Å². The standard InChI is InChI=1S/C19H21N3O4S/c1-13(27-17-10-8-16(9-11-17)22(25)26)18(23)20-12-14-4-6-15(7-5-14)19(24)21(2)3/h4-11,13H,12H2,1-3H3,(H,20,23). The Morgan fingerprint density at radius 2 is 1.70 bits per heavy atom. The van der Waals surface area contributed by atoms with Gasteiger partial charge in [-0.1, -0.05) is 12.1 Å². The molecule has 2 aromatic carbocycles. The maximum Gasteiger partial charge on any atom is 0.269 e. The molecule has 7 nitrogen and oxygen atoms in total. The van der Waals surface area contributed by atoms with Crippen LogP contribution in [0.15, 0.2) is 53.4 Å². The molecule has 0 aliphatic rings. The molecule has 0 saturated heterocycles. The summed E-state index contributed by atoms with van der Waals surface area (Å²) < 4.78 is 0. The molecule has 0 radical (unpaired) electrons. The van der Waals surface area contributed by atoms with Crippen LogP contribution in [0.2, 0.25) is 0 Å². The molecular formula is C19H21N3O4S. The fourth-order valence-electron chi connectivity index (χ4n) is 2.26. The number of amides is 2. The van der Waals surface area contributed by atoms with Crippen LogP contribution >= 0.6 is 11.8 Å². The second kappa shape index (κ2) is 9.18. The number of thioether (sulfide) groups is 1. The fourth-order valence-corrected chi connectivity index (χ4v) is 3.15. The van der Waals surface area contributed by atoms with Crippen LogP contribution < -0.4 is 5.32 Å². The van der Waals surface area contributed by atoms with E-state index < -0.39 is 4.92 Å². The number of rotatable bonds is 7. The number of carbonyl (C=O) groups is 2. The number of nitro benzene ring substituents is 1. The van der Waals surface area contributed by atoms with Gasteiger partial charge in [0.05, 0.1) is 10.2 Å². The molecule has 2 rings (SSSR count). The average Bonchev–Trinajstić information content (AvgIpc) is 2.66. The van der Waals surface area contributed by atoms with Gasteiger partial charge < -0.3 is 10.2 Å². The summed E-state index contributed by atoms with van der Waals surface area (Å²) in [6.07, 6.45) is 0. The first kappa shape index (κ1) is 20.4. The van der Waals surface area contributed by atoms with E-state index in [0.717, 1.165) is 10.5 Å². The Hall–Kier alpha value is -2.87. The minimum atomic E-state index is -0.456. The molecule has 2 amide bonds. The van der Waals surface area contributed by atoms with Crippen molar-refractivity contribution in [1.29, 1.82) is 0 Å². The maximum absolute atomic E-state index is 12.3. The van der Waals surface area contributed by atoms with Crippen molar-refractivity contribution in [3.05, 3.63) is 69.8 Å². The minimum Gasteiger partial charge on any atom is -0.351 e. The Kier molecular flexibility index (Phi) is 6.95. The quantitative estimate of drug-likeness (QED) is 0.448. The maximum atomic E-state index is 12.3. The summed E-state index contributed by atoms with van der Waals surface area (Å²) >= 11 is 1.33. The molecule has 0 aromatic heterocycles. The zero-order valence-electron chi connectivity index (χ0n) is 15.3. The van der Waals surface area contributed by atoms with Crippen molar-refractivity contribution in [1.82, 2.24) is 10.2 Å². The summed E-state index contributed by atoms with van der Waals surface area (Å²) in [4.78, 5) is 36.6. The first-order valence-corrected chi connectivity index (χ1v) is 9.15. The molecule has 0 aliphatic heterocycles. The van der Waals surface area contributed by atoms with Gasteiger partial charge in [0.15, 0.2) is 0 Å². The number of hydrogen-bond acceptors (Lipinski definition) is 5. The highest BCUT2D eigenvalue weighted by Gasteiger charge is 2.15. The largest absolute Gasteiger partial charge is 0.351 e. The molecule has 1 N–H and O–H groups in total. The lowest BCUT2D eigenvalue weighted by Gasteiger charge is -2.13. The smallest absolute Gasteiger partial charge is 0.269 e. The molecule has 142 valence electrons. The number of nitrogens with zero attached hydrogens (tertiary/aromatic N) is 2. The Bertz CT molecular complexity index is 820. The third-order valence-corrected chi connectivity index (χ3v) is 4.92. The molecule has 2 aromatic rings. The highest BCUT2D eigenvalue weighted by Crippen LogP contribution is 2.25. The van der Waals surface area contributed by atoms with E-state index in [1.54, 1.807) is 45.3 Å². The molecule has 0 spiro atoms. The van der Waals surface area contributed by atoms with Crippen LogP contribution in [-0.2, 0) is 11.3 Å². The number of nitrogens with one attached hydrogen (secondary N) is 1. The van der Waals surface area contributed by atoms with Crippen LogP contribution in [0, 0.1) is 10.1 Å². The van der Waals surface area contributed by atoms with E-state index in [1.165, 1.54) is 28.8 Å². The van der Waals surface area contributed by atoms with E-state index in [0.29, 0.717) is 12.1 Å². The number of benzene rings is 2. The van der Waals surface area contributed by atoms with Crippen LogP contribution in [-0.4, -0.2) is 41.0 Å². The van der Waals surface area contributed by atoms with Crippen molar-refractivity contribution in [2.24, 2.45) is 0 Å². The minimum absolute atomic E-state index is 0.0210. The lowest BCUT2D eigenvalue weighted by Crippen LogP contribution is -2.30. The van der Waals surface area contributed by atoms with Crippen LogP contribution in [0.3, 0.4) is 0 Å². The summed E-state index contributed by atoms with van der Waals surface area (Å²) in [5.74, 6) is -0.203. The van der Waals surface area contributed by atoms with Gasteiger partial charge in [0.2, 0.25) is 5.91 Å². The number of carbonyl (C=O) groups excluding carboxylic acids is 2. The van der Waals surface area contributed by atoms with E-state index in [4.69, 9.17) is 0 Å². The molecule has 0 bridgehead atoms. The SMILES string of the molecule is CC(Sc1ccc([N+](=O)[O-])cc1)C(=O)NCc1ccc(C(=O)N(C)C)cc1. The summed E-state index contributed by atoms with van der Waals surface area (Å²) in [6.45, 7) is 2.14. The van der Waals surface area contributed by atoms with E-state index in [2.05, 4.69) is 5.32 Å². The van der Waals surface area contributed by atoms with E-state index in [-0.39, 0.29) is 22.8 Å². The summed E-state index contributed by atoms with van der Waals surface area (Å²) in [5, 5.41) is 13.2. The van der Waals surface area contributed by atoms with Gasteiger partial charge in [-0.2, -0.15) is 0 Å². The highest BCUT2D eigenvalue weighted by molar-refractivity contribution is 8.00. The third kappa shape index (κ3) is 5.82. The molecule has 0 aliphatic carbocycles. The molecule has 1 atom stereocenters. The van der Waals surface area contributed by atoms with Gasteiger partial charge in [-0.05, 0) is 36.8 Å². The predicted molar refractivity (Wildman–Crippen MR) is 105 cm³/mol. The zero-order chi connectivity index (χ0) is 20.0. The summed E-state index contributed by atoms with van der Waals surface area (Å²) in [5.41, 5.74) is 1.51. The van der Waals surface area contributed by atoms with Crippen LogP contribution in [0.5, 0.6) is 0 Å².